The average Bonchev–Trinajstić information content (AvgIpc) is 2.61. The smallest absolute Gasteiger partial charge is 0.187 e. The van der Waals surface area contributed by atoms with Crippen molar-refractivity contribution in [3.63, 3.8) is 0 Å². The Balaban J connectivity index is 2.90. The second-order valence-electron chi connectivity index (χ2n) is 3.44. The lowest BCUT2D eigenvalue weighted by Gasteiger charge is -2.01. The number of nitrogens with zero attached hydrogens (tertiary/aromatic N) is 1. The summed E-state index contributed by atoms with van der Waals surface area (Å²) in [5, 5.41) is 4.18. The van der Waals surface area contributed by atoms with Crippen LogP contribution in [-0.4, -0.2) is 4.98 Å². The van der Waals surface area contributed by atoms with Crippen molar-refractivity contribution in [2.24, 2.45) is 0 Å². The number of aromatic nitrogens is 1. The molecule has 0 amide bonds. The Bertz CT molecular complexity index is 465. The summed E-state index contributed by atoms with van der Waals surface area (Å²) in [6.45, 7) is 9.75. The van der Waals surface area contributed by atoms with E-state index in [1.165, 1.54) is 4.88 Å². The van der Waals surface area contributed by atoms with Crippen molar-refractivity contribution >= 4 is 22.5 Å². The van der Waals surface area contributed by atoms with Crippen molar-refractivity contribution in [1.29, 1.82) is 0 Å². The normalized spacial score (nSPS) is 12.5. The summed E-state index contributed by atoms with van der Waals surface area (Å²) in [6.07, 6.45) is 11.7. The molecule has 90 valence electrons. The van der Waals surface area contributed by atoms with Crippen LogP contribution in [0, 0.1) is 6.92 Å². The largest absolute Gasteiger partial charge is 0.332 e. The van der Waals surface area contributed by atoms with E-state index >= 15 is 0 Å². The quantitative estimate of drug-likeness (QED) is 0.771. The van der Waals surface area contributed by atoms with Crippen molar-refractivity contribution in [1.82, 2.24) is 4.98 Å². The Morgan fingerprint density at radius 3 is 2.71 bits per heavy atom. The fourth-order valence-corrected chi connectivity index (χ4v) is 2.16. The molecule has 0 bridgehead atoms. The van der Waals surface area contributed by atoms with Crippen molar-refractivity contribution in [3.8, 4) is 0 Å². The van der Waals surface area contributed by atoms with Crippen LogP contribution in [0.3, 0.4) is 0 Å². The first-order chi connectivity index (χ1) is 8.21. The highest BCUT2D eigenvalue weighted by Crippen LogP contribution is 2.24. The average molecular weight is 246 g/mol. The van der Waals surface area contributed by atoms with Gasteiger partial charge in [-0.2, -0.15) is 0 Å². The molecule has 3 heteroatoms. The van der Waals surface area contributed by atoms with Gasteiger partial charge in [0.1, 0.15) is 0 Å². The number of nitrogens with one attached hydrogen (secondary N) is 1. The van der Waals surface area contributed by atoms with Gasteiger partial charge in [-0.1, -0.05) is 24.8 Å². The van der Waals surface area contributed by atoms with Gasteiger partial charge < -0.3 is 5.32 Å². The molecule has 0 fully saturated rings. The highest BCUT2D eigenvalue weighted by molar-refractivity contribution is 7.15. The maximum absolute atomic E-state index is 4.52. The van der Waals surface area contributed by atoms with E-state index in [4.69, 9.17) is 0 Å². The van der Waals surface area contributed by atoms with Crippen molar-refractivity contribution in [2.45, 2.75) is 20.8 Å². The lowest BCUT2D eigenvalue weighted by molar-refractivity contribution is 1.31. The molecule has 0 atom stereocenters. The molecule has 0 aromatic carbocycles. The number of thiazole rings is 1. The van der Waals surface area contributed by atoms with Crippen LogP contribution in [0.5, 0.6) is 0 Å². The minimum absolute atomic E-state index is 0.904. The number of hydrogen-bond donors (Lipinski definition) is 1. The van der Waals surface area contributed by atoms with E-state index in [-0.39, 0.29) is 0 Å². The molecule has 1 aromatic rings. The zero-order chi connectivity index (χ0) is 12.7. The Morgan fingerprint density at radius 2 is 2.12 bits per heavy atom. The molecule has 0 saturated heterocycles. The molecule has 0 aliphatic rings. The van der Waals surface area contributed by atoms with Gasteiger partial charge >= 0.3 is 0 Å². The van der Waals surface area contributed by atoms with Gasteiger partial charge in [0.2, 0.25) is 0 Å². The Kier molecular flexibility index (Phi) is 5.43. The molecule has 1 rings (SSSR count). The van der Waals surface area contributed by atoms with Crippen LogP contribution in [0.15, 0.2) is 42.7 Å². The van der Waals surface area contributed by atoms with E-state index in [0.717, 1.165) is 16.5 Å². The number of anilines is 1. The Morgan fingerprint density at radius 1 is 1.35 bits per heavy atom. The Hall–Kier alpha value is -1.61. The predicted octanol–water partition coefficient (Wildman–Crippen LogP) is 4.54. The Labute approximate surface area is 107 Å². The van der Waals surface area contributed by atoms with Crippen LogP contribution < -0.4 is 5.32 Å². The molecule has 0 unspecified atom stereocenters. The van der Waals surface area contributed by atoms with Crippen molar-refractivity contribution < 1.29 is 0 Å². The monoisotopic (exact) mass is 246 g/mol. The van der Waals surface area contributed by atoms with Gasteiger partial charge in [-0.3, -0.25) is 0 Å². The first-order valence-corrected chi connectivity index (χ1v) is 6.35. The number of aryl methyl sites for hydroxylation is 1. The van der Waals surface area contributed by atoms with E-state index in [0.29, 0.717) is 0 Å². The number of rotatable bonds is 5. The summed E-state index contributed by atoms with van der Waals surface area (Å²) in [7, 11) is 0. The fourth-order valence-electron chi connectivity index (χ4n) is 1.34. The van der Waals surface area contributed by atoms with Crippen LogP contribution in [0.1, 0.15) is 24.4 Å². The molecule has 1 N–H and O–H groups in total. The molecule has 2 nitrogen and oxygen atoms in total. The topological polar surface area (TPSA) is 24.9 Å². The lowest BCUT2D eigenvalue weighted by atomic mass is 10.3. The second kappa shape index (κ2) is 6.86. The maximum Gasteiger partial charge on any atom is 0.187 e. The molecule has 0 radical (unpaired) electrons. The van der Waals surface area contributed by atoms with Gasteiger partial charge in [0.15, 0.2) is 5.13 Å². The standard InChI is InChI=1S/C14H18N2S/c1-5-8-12(9-6-2)15-14-16-13(10-7-3)11(4)17-14/h5-10H,1H2,2-4H3,(H,15,16)/b9-6-,10-7-,12-8+. The van der Waals surface area contributed by atoms with Gasteiger partial charge in [0.05, 0.1) is 5.69 Å². The highest BCUT2D eigenvalue weighted by Gasteiger charge is 2.04. The summed E-state index contributed by atoms with van der Waals surface area (Å²) in [6, 6.07) is 0. The lowest BCUT2D eigenvalue weighted by Crippen LogP contribution is -1.95. The maximum atomic E-state index is 4.52. The summed E-state index contributed by atoms with van der Waals surface area (Å²) in [5.41, 5.74) is 2.02. The summed E-state index contributed by atoms with van der Waals surface area (Å²) in [5.74, 6) is 0. The van der Waals surface area contributed by atoms with E-state index < -0.39 is 0 Å². The molecule has 17 heavy (non-hydrogen) atoms. The van der Waals surface area contributed by atoms with Crippen LogP contribution in [-0.2, 0) is 0 Å². The van der Waals surface area contributed by atoms with Gasteiger partial charge in [-0.25, -0.2) is 4.98 Å². The van der Waals surface area contributed by atoms with Crippen LogP contribution in [0.2, 0.25) is 0 Å². The molecule has 0 aliphatic carbocycles. The SMILES string of the molecule is C=C/C=C(\C=C/C)Nc1nc(/C=C\C)c(C)s1. The molecule has 1 heterocycles. The zero-order valence-corrected chi connectivity index (χ0v) is 11.3. The highest BCUT2D eigenvalue weighted by atomic mass is 32.1. The zero-order valence-electron chi connectivity index (χ0n) is 10.5. The van der Waals surface area contributed by atoms with E-state index in [1.807, 2.05) is 44.2 Å². The minimum Gasteiger partial charge on any atom is -0.332 e. The first kappa shape index (κ1) is 13.5. The first-order valence-electron chi connectivity index (χ1n) is 5.53. The van der Waals surface area contributed by atoms with E-state index in [2.05, 4.69) is 23.8 Å². The second-order valence-corrected chi connectivity index (χ2v) is 4.65. The van der Waals surface area contributed by atoms with Crippen LogP contribution in [0.4, 0.5) is 5.13 Å². The van der Waals surface area contributed by atoms with Gasteiger partial charge in [0, 0.05) is 10.6 Å². The minimum atomic E-state index is 0.904. The molecular weight excluding hydrogens is 228 g/mol. The van der Waals surface area contributed by atoms with Crippen LogP contribution in [0.25, 0.3) is 6.08 Å². The predicted molar refractivity (Wildman–Crippen MR) is 78.3 cm³/mol. The molecular formula is C14H18N2S. The third-order valence-electron chi connectivity index (χ3n) is 2.05. The number of hydrogen-bond acceptors (Lipinski definition) is 3. The van der Waals surface area contributed by atoms with Crippen molar-refractivity contribution in [2.75, 3.05) is 5.32 Å². The summed E-state index contributed by atoms with van der Waals surface area (Å²) in [4.78, 5) is 5.73. The summed E-state index contributed by atoms with van der Waals surface area (Å²) >= 11 is 1.65. The summed E-state index contributed by atoms with van der Waals surface area (Å²) < 4.78 is 0. The van der Waals surface area contributed by atoms with E-state index in [9.17, 15) is 0 Å². The molecule has 0 aliphatic heterocycles. The van der Waals surface area contributed by atoms with Gasteiger partial charge in [-0.15, -0.1) is 11.3 Å². The van der Waals surface area contributed by atoms with Gasteiger partial charge in [-0.05, 0) is 39.0 Å². The third-order valence-corrected chi connectivity index (χ3v) is 2.95. The van der Waals surface area contributed by atoms with Gasteiger partial charge in [0.25, 0.3) is 0 Å². The molecule has 1 aromatic heterocycles. The van der Waals surface area contributed by atoms with E-state index in [1.54, 1.807) is 17.4 Å². The number of allylic oxidation sites excluding steroid dienone is 5. The molecule has 0 saturated carbocycles. The fraction of sp³-hybridized carbons (Fsp3) is 0.214. The van der Waals surface area contributed by atoms with Crippen LogP contribution >= 0.6 is 11.3 Å². The molecule has 0 spiro atoms. The van der Waals surface area contributed by atoms with Crippen molar-refractivity contribution in [3.05, 3.63) is 53.2 Å². The third kappa shape index (κ3) is 4.04.